The second kappa shape index (κ2) is 5.53. The summed E-state index contributed by atoms with van der Waals surface area (Å²) in [6.07, 6.45) is 0.0712. The molecule has 3 nitrogen and oxygen atoms in total. The third kappa shape index (κ3) is 3.01. The van der Waals surface area contributed by atoms with Gasteiger partial charge in [0.25, 0.3) is 0 Å². The zero-order chi connectivity index (χ0) is 14.0. The van der Waals surface area contributed by atoms with E-state index in [-0.39, 0.29) is 12.2 Å². The van der Waals surface area contributed by atoms with E-state index in [0.717, 1.165) is 5.69 Å². The van der Waals surface area contributed by atoms with Crippen LogP contribution in [0.4, 0.5) is 4.39 Å². The Balaban J connectivity index is 2.27. The Morgan fingerprint density at radius 3 is 2.84 bits per heavy atom. The Labute approximate surface area is 116 Å². The van der Waals surface area contributed by atoms with Crippen molar-refractivity contribution in [3.63, 3.8) is 0 Å². The third-order valence-electron chi connectivity index (χ3n) is 2.85. The predicted molar refractivity (Wildman–Crippen MR) is 72.1 cm³/mol. The fourth-order valence-corrected chi connectivity index (χ4v) is 2.14. The first-order chi connectivity index (χ1) is 9.01. The van der Waals surface area contributed by atoms with Crippen molar-refractivity contribution < 1.29 is 9.18 Å². The van der Waals surface area contributed by atoms with E-state index < -0.39 is 5.82 Å². The van der Waals surface area contributed by atoms with Crippen molar-refractivity contribution in [2.24, 2.45) is 0 Å². The van der Waals surface area contributed by atoms with Crippen LogP contribution in [0.3, 0.4) is 0 Å². The van der Waals surface area contributed by atoms with Crippen molar-refractivity contribution in [2.45, 2.75) is 26.8 Å². The molecule has 0 saturated heterocycles. The Hall–Kier alpha value is -1.68. The molecule has 0 aliphatic heterocycles. The summed E-state index contributed by atoms with van der Waals surface area (Å²) in [6, 6.07) is 5.76. The van der Waals surface area contributed by atoms with E-state index in [1.54, 1.807) is 10.7 Å². The Bertz CT molecular complexity index is 622. The number of aryl methyl sites for hydroxylation is 2. The van der Waals surface area contributed by atoms with Crippen molar-refractivity contribution in [2.75, 3.05) is 0 Å². The van der Waals surface area contributed by atoms with E-state index in [2.05, 4.69) is 5.10 Å². The largest absolute Gasteiger partial charge is 0.292 e. The molecule has 0 fully saturated rings. The van der Waals surface area contributed by atoms with Crippen LogP contribution >= 0.6 is 11.6 Å². The standard InChI is InChI=1S/C14H14ClFN2O/c1-3-18-13(6-9(2)17-18)14(19)8-10-7-11(16)4-5-12(10)15/h4-7H,3,8H2,1-2H3. The molecule has 0 aliphatic rings. The van der Waals surface area contributed by atoms with Gasteiger partial charge in [-0.15, -0.1) is 0 Å². The number of benzene rings is 1. The van der Waals surface area contributed by atoms with Crippen LogP contribution < -0.4 is 0 Å². The summed E-state index contributed by atoms with van der Waals surface area (Å²) >= 11 is 5.97. The van der Waals surface area contributed by atoms with Gasteiger partial charge in [-0.05, 0) is 43.7 Å². The molecule has 1 aromatic heterocycles. The van der Waals surface area contributed by atoms with Crippen LogP contribution in [0.25, 0.3) is 0 Å². The maximum absolute atomic E-state index is 13.2. The molecule has 2 rings (SSSR count). The lowest BCUT2D eigenvalue weighted by molar-refractivity contribution is 0.0982. The lowest BCUT2D eigenvalue weighted by atomic mass is 10.1. The number of nitrogens with zero attached hydrogens (tertiary/aromatic N) is 2. The van der Waals surface area contributed by atoms with Crippen molar-refractivity contribution in [3.8, 4) is 0 Å². The summed E-state index contributed by atoms with van der Waals surface area (Å²) in [6.45, 7) is 4.36. The number of hydrogen-bond donors (Lipinski definition) is 0. The van der Waals surface area contributed by atoms with Crippen molar-refractivity contribution in [1.29, 1.82) is 0 Å². The minimum atomic E-state index is -0.396. The molecular weight excluding hydrogens is 267 g/mol. The topological polar surface area (TPSA) is 34.9 Å². The molecular formula is C14H14ClFN2O. The number of rotatable bonds is 4. The Morgan fingerprint density at radius 1 is 1.42 bits per heavy atom. The van der Waals surface area contributed by atoms with Crippen LogP contribution in [0, 0.1) is 12.7 Å². The first kappa shape index (κ1) is 13.7. The highest BCUT2D eigenvalue weighted by molar-refractivity contribution is 6.31. The number of hydrogen-bond acceptors (Lipinski definition) is 2. The van der Waals surface area contributed by atoms with Crippen molar-refractivity contribution in [1.82, 2.24) is 9.78 Å². The van der Waals surface area contributed by atoms with Crippen molar-refractivity contribution >= 4 is 17.4 Å². The van der Waals surface area contributed by atoms with Crippen LogP contribution in [0.1, 0.15) is 28.7 Å². The summed E-state index contributed by atoms with van der Waals surface area (Å²) in [4.78, 5) is 12.2. The number of carbonyl (C=O) groups excluding carboxylic acids is 1. The van der Waals surface area contributed by atoms with E-state index in [1.807, 2.05) is 13.8 Å². The molecule has 0 radical (unpaired) electrons. The van der Waals surface area contributed by atoms with E-state index in [9.17, 15) is 9.18 Å². The van der Waals surface area contributed by atoms with Crippen LogP contribution in [0.5, 0.6) is 0 Å². The van der Waals surface area contributed by atoms with E-state index in [0.29, 0.717) is 22.8 Å². The van der Waals surface area contributed by atoms with E-state index in [1.165, 1.54) is 18.2 Å². The van der Waals surface area contributed by atoms with Gasteiger partial charge in [0.2, 0.25) is 0 Å². The minimum absolute atomic E-state index is 0.0712. The highest BCUT2D eigenvalue weighted by Crippen LogP contribution is 2.19. The van der Waals surface area contributed by atoms with Gasteiger partial charge in [0, 0.05) is 18.0 Å². The molecule has 1 aromatic carbocycles. The van der Waals surface area contributed by atoms with E-state index in [4.69, 9.17) is 11.6 Å². The summed E-state index contributed by atoms with van der Waals surface area (Å²) in [5, 5.41) is 4.62. The molecule has 0 saturated carbocycles. The average Bonchev–Trinajstić information content (AvgIpc) is 2.75. The molecule has 19 heavy (non-hydrogen) atoms. The van der Waals surface area contributed by atoms with Gasteiger partial charge in [-0.25, -0.2) is 4.39 Å². The van der Waals surface area contributed by atoms with Gasteiger partial charge in [-0.3, -0.25) is 9.48 Å². The first-order valence-corrected chi connectivity index (χ1v) is 6.40. The smallest absolute Gasteiger partial charge is 0.185 e. The predicted octanol–water partition coefficient (Wildman–Crippen LogP) is 3.43. The minimum Gasteiger partial charge on any atom is -0.292 e. The van der Waals surface area contributed by atoms with E-state index >= 15 is 0 Å². The lowest BCUT2D eigenvalue weighted by Crippen LogP contribution is -2.12. The maximum Gasteiger partial charge on any atom is 0.185 e. The number of carbonyl (C=O) groups is 1. The normalized spacial score (nSPS) is 10.7. The second-order valence-electron chi connectivity index (χ2n) is 4.32. The number of Topliss-reactive ketones (excluding diaryl/α,β-unsaturated/α-hetero) is 1. The molecule has 1 heterocycles. The van der Waals surface area contributed by atoms with Gasteiger partial charge < -0.3 is 0 Å². The van der Waals surface area contributed by atoms with Gasteiger partial charge in [-0.1, -0.05) is 11.6 Å². The van der Waals surface area contributed by atoms with Gasteiger partial charge in [0.15, 0.2) is 5.78 Å². The van der Waals surface area contributed by atoms with Gasteiger partial charge in [0.05, 0.1) is 5.69 Å². The molecule has 100 valence electrons. The highest BCUT2D eigenvalue weighted by atomic mass is 35.5. The monoisotopic (exact) mass is 280 g/mol. The fourth-order valence-electron chi connectivity index (χ4n) is 1.95. The average molecular weight is 281 g/mol. The SMILES string of the molecule is CCn1nc(C)cc1C(=O)Cc1cc(F)ccc1Cl. The molecule has 0 amide bonds. The zero-order valence-electron chi connectivity index (χ0n) is 10.8. The summed E-state index contributed by atoms with van der Waals surface area (Å²) in [5.41, 5.74) is 1.81. The number of ketones is 1. The first-order valence-electron chi connectivity index (χ1n) is 6.03. The van der Waals surface area contributed by atoms with Gasteiger partial charge in [-0.2, -0.15) is 5.10 Å². The molecule has 0 spiro atoms. The van der Waals surface area contributed by atoms with Gasteiger partial charge >= 0.3 is 0 Å². The molecule has 0 bridgehead atoms. The molecule has 0 atom stereocenters. The van der Waals surface area contributed by atoms with Crippen LogP contribution in [0.15, 0.2) is 24.3 Å². The summed E-state index contributed by atoms with van der Waals surface area (Å²) in [5.74, 6) is -0.512. The summed E-state index contributed by atoms with van der Waals surface area (Å²) < 4.78 is 14.8. The molecule has 0 unspecified atom stereocenters. The van der Waals surface area contributed by atoms with Crippen molar-refractivity contribution in [3.05, 3.63) is 52.1 Å². The molecule has 5 heteroatoms. The van der Waals surface area contributed by atoms with Crippen LogP contribution in [-0.4, -0.2) is 15.6 Å². The number of aromatic nitrogens is 2. The second-order valence-corrected chi connectivity index (χ2v) is 4.73. The molecule has 2 aromatic rings. The fraction of sp³-hybridized carbons (Fsp3) is 0.286. The quantitative estimate of drug-likeness (QED) is 0.804. The maximum atomic E-state index is 13.2. The van der Waals surface area contributed by atoms with Crippen LogP contribution in [0.2, 0.25) is 5.02 Å². The zero-order valence-corrected chi connectivity index (χ0v) is 11.5. The lowest BCUT2D eigenvalue weighted by Gasteiger charge is -2.05. The molecule has 0 N–H and O–H groups in total. The van der Waals surface area contributed by atoms with Crippen LogP contribution in [-0.2, 0) is 13.0 Å². The summed E-state index contributed by atoms with van der Waals surface area (Å²) in [7, 11) is 0. The third-order valence-corrected chi connectivity index (χ3v) is 3.21. The Kier molecular flexibility index (Phi) is 4.00. The molecule has 0 aliphatic carbocycles. The number of halogens is 2. The highest BCUT2D eigenvalue weighted by Gasteiger charge is 2.15. The van der Waals surface area contributed by atoms with Gasteiger partial charge in [0.1, 0.15) is 11.5 Å². The Morgan fingerprint density at radius 2 is 2.16 bits per heavy atom.